The second kappa shape index (κ2) is 10.4. The highest BCUT2D eigenvalue weighted by molar-refractivity contribution is 14.1. The molecule has 0 radical (unpaired) electrons. The number of para-hydroxylation sites is 1. The van der Waals surface area contributed by atoms with Crippen LogP contribution in [0.2, 0.25) is 0 Å². The number of carbonyl (C=O) groups is 3. The number of piperidine rings is 1. The van der Waals surface area contributed by atoms with Crippen LogP contribution in [0.15, 0.2) is 54.2 Å². The van der Waals surface area contributed by atoms with E-state index < -0.39 is 5.97 Å². The summed E-state index contributed by atoms with van der Waals surface area (Å²) in [4.78, 5) is 37.3. The van der Waals surface area contributed by atoms with Gasteiger partial charge in [0.05, 0.1) is 3.57 Å². The molecule has 8 heteroatoms. The van der Waals surface area contributed by atoms with Crippen molar-refractivity contribution in [2.45, 2.75) is 19.8 Å². The van der Waals surface area contributed by atoms with Crippen molar-refractivity contribution < 1.29 is 24.2 Å². The quantitative estimate of drug-likeness (QED) is 0.434. The molecule has 2 aromatic carbocycles. The molecule has 0 spiro atoms. The number of benzene rings is 2. The molecule has 7 nitrogen and oxygen atoms in total. The summed E-state index contributed by atoms with van der Waals surface area (Å²) in [6.07, 6.45) is 2.45. The summed E-state index contributed by atoms with van der Waals surface area (Å²) in [5, 5.41) is 12.0. The van der Waals surface area contributed by atoms with Crippen LogP contribution in [0.1, 0.15) is 25.3 Å². The van der Waals surface area contributed by atoms with Gasteiger partial charge in [-0.2, -0.15) is 0 Å². The second-order valence-electron chi connectivity index (χ2n) is 7.23. The molecule has 1 aliphatic heterocycles. The number of rotatable bonds is 6. The molecule has 0 bridgehead atoms. The highest BCUT2D eigenvalue weighted by Crippen LogP contribution is 2.27. The standard InChI is InChI=1S/C23H23IN2O5/c1-15(27)26-12-10-17(11-13-26)22(28)25-20(23(29)30)14-16-6-8-18(9-7-16)31-21-5-3-2-4-19(21)24/h2-9,14,17H,10-13H2,1H3,(H,25,28)(H,29,30)/b20-14-. The molecule has 31 heavy (non-hydrogen) atoms. The van der Waals surface area contributed by atoms with Crippen LogP contribution in [0, 0.1) is 9.49 Å². The molecule has 2 amide bonds. The lowest BCUT2D eigenvalue weighted by atomic mass is 9.95. The number of halogens is 1. The summed E-state index contributed by atoms with van der Waals surface area (Å²) >= 11 is 2.19. The molecule has 0 atom stereocenters. The highest BCUT2D eigenvalue weighted by atomic mass is 127. The minimum Gasteiger partial charge on any atom is -0.477 e. The van der Waals surface area contributed by atoms with E-state index in [1.54, 1.807) is 29.2 Å². The van der Waals surface area contributed by atoms with Gasteiger partial charge in [0.25, 0.3) is 0 Å². The Kier molecular flexibility index (Phi) is 7.67. The third-order valence-corrected chi connectivity index (χ3v) is 5.95. The van der Waals surface area contributed by atoms with Gasteiger partial charge in [0.1, 0.15) is 17.2 Å². The number of aliphatic carboxylic acids is 1. The van der Waals surface area contributed by atoms with Crippen molar-refractivity contribution in [1.82, 2.24) is 10.2 Å². The van der Waals surface area contributed by atoms with Crippen LogP contribution in [-0.4, -0.2) is 40.9 Å². The van der Waals surface area contributed by atoms with Gasteiger partial charge in [-0.15, -0.1) is 0 Å². The van der Waals surface area contributed by atoms with E-state index in [2.05, 4.69) is 27.9 Å². The molecular formula is C23H23IN2O5. The number of nitrogens with one attached hydrogen (secondary N) is 1. The summed E-state index contributed by atoms with van der Waals surface area (Å²) in [7, 11) is 0. The van der Waals surface area contributed by atoms with Crippen molar-refractivity contribution in [2.24, 2.45) is 5.92 Å². The van der Waals surface area contributed by atoms with E-state index >= 15 is 0 Å². The van der Waals surface area contributed by atoms with Crippen molar-refractivity contribution in [2.75, 3.05) is 13.1 Å². The van der Waals surface area contributed by atoms with Crippen molar-refractivity contribution in [3.8, 4) is 11.5 Å². The molecule has 1 heterocycles. The molecule has 162 valence electrons. The first kappa shape index (κ1) is 22.8. The predicted molar refractivity (Wildman–Crippen MR) is 124 cm³/mol. The van der Waals surface area contributed by atoms with Crippen LogP contribution < -0.4 is 10.1 Å². The molecule has 2 N–H and O–H groups in total. The van der Waals surface area contributed by atoms with Crippen LogP contribution in [0.3, 0.4) is 0 Å². The minimum atomic E-state index is -1.21. The van der Waals surface area contributed by atoms with E-state index in [1.165, 1.54) is 13.0 Å². The summed E-state index contributed by atoms with van der Waals surface area (Å²) in [6.45, 7) is 2.51. The summed E-state index contributed by atoms with van der Waals surface area (Å²) in [5.41, 5.74) is 0.435. The van der Waals surface area contributed by atoms with Gasteiger partial charge < -0.3 is 20.1 Å². The van der Waals surface area contributed by atoms with Gasteiger partial charge in [0, 0.05) is 25.9 Å². The van der Waals surface area contributed by atoms with Gasteiger partial charge in [-0.3, -0.25) is 9.59 Å². The molecule has 0 saturated carbocycles. The number of hydrogen-bond acceptors (Lipinski definition) is 4. The van der Waals surface area contributed by atoms with Crippen LogP contribution in [0.4, 0.5) is 0 Å². The smallest absolute Gasteiger partial charge is 0.352 e. The van der Waals surface area contributed by atoms with E-state index in [-0.39, 0.29) is 23.4 Å². The number of carboxylic acids is 1. The van der Waals surface area contributed by atoms with Gasteiger partial charge in [0.2, 0.25) is 11.8 Å². The average molecular weight is 534 g/mol. The lowest BCUT2D eigenvalue weighted by molar-refractivity contribution is -0.136. The predicted octanol–water partition coefficient (Wildman–Crippen LogP) is 3.88. The lowest BCUT2D eigenvalue weighted by Crippen LogP contribution is -2.42. The van der Waals surface area contributed by atoms with Crippen LogP contribution >= 0.6 is 22.6 Å². The zero-order valence-corrected chi connectivity index (χ0v) is 19.2. The average Bonchev–Trinajstić information content (AvgIpc) is 2.76. The topological polar surface area (TPSA) is 95.9 Å². The van der Waals surface area contributed by atoms with Crippen molar-refractivity contribution in [3.63, 3.8) is 0 Å². The van der Waals surface area contributed by atoms with E-state index in [1.807, 2.05) is 24.3 Å². The summed E-state index contributed by atoms with van der Waals surface area (Å²) in [5.74, 6) is -0.522. The fourth-order valence-corrected chi connectivity index (χ4v) is 3.79. The van der Waals surface area contributed by atoms with Gasteiger partial charge in [-0.25, -0.2) is 4.79 Å². The van der Waals surface area contributed by atoms with Gasteiger partial charge in [0.15, 0.2) is 0 Å². The fraction of sp³-hybridized carbons (Fsp3) is 0.261. The Morgan fingerprint density at radius 3 is 2.32 bits per heavy atom. The monoisotopic (exact) mass is 534 g/mol. The van der Waals surface area contributed by atoms with Crippen LogP contribution in [0.5, 0.6) is 11.5 Å². The first-order valence-electron chi connectivity index (χ1n) is 9.87. The third-order valence-electron chi connectivity index (χ3n) is 5.05. The Labute approximate surface area is 194 Å². The number of nitrogens with zero attached hydrogens (tertiary/aromatic N) is 1. The second-order valence-corrected chi connectivity index (χ2v) is 8.40. The molecular weight excluding hydrogens is 511 g/mol. The zero-order valence-electron chi connectivity index (χ0n) is 17.0. The number of hydrogen-bond donors (Lipinski definition) is 2. The molecule has 0 aliphatic carbocycles. The Hall–Kier alpha value is -2.88. The zero-order chi connectivity index (χ0) is 22.4. The number of ether oxygens (including phenoxy) is 1. The van der Waals surface area contributed by atoms with Crippen molar-refractivity contribution in [3.05, 3.63) is 63.4 Å². The van der Waals surface area contributed by atoms with Gasteiger partial charge in [-0.05, 0) is 71.3 Å². The number of likely N-dealkylation sites (tertiary alicyclic amines) is 1. The largest absolute Gasteiger partial charge is 0.477 e. The van der Waals surface area contributed by atoms with E-state index in [4.69, 9.17) is 4.74 Å². The van der Waals surface area contributed by atoms with E-state index in [9.17, 15) is 19.5 Å². The summed E-state index contributed by atoms with van der Waals surface area (Å²) in [6, 6.07) is 14.6. The lowest BCUT2D eigenvalue weighted by Gasteiger charge is -2.30. The molecule has 0 aromatic heterocycles. The van der Waals surface area contributed by atoms with Crippen molar-refractivity contribution >= 4 is 46.5 Å². The Balaban J connectivity index is 1.65. The fourth-order valence-electron chi connectivity index (χ4n) is 3.30. The van der Waals surface area contributed by atoms with E-state index in [0.717, 1.165) is 9.32 Å². The number of carboxylic acid groups (broad SMARTS) is 1. The molecule has 1 fully saturated rings. The SMILES string of the molecule is CC(=O)N1CCC(C(=O)N/C(=C\c2ccc(Oc3ccccc3I)cc2)C(=O)O)CC1. The number of amides is 2. The van der Waals surface area contributed by atoms with Gasteiger partial charge in [-0.1, -0.05) is 24.3 Å². The molecule has 1 aliphatic rings. The first-order chi connectivity index (χ1) is 14.8. The molecule has 3 rings (SSSR count). The van der Waals surface area contributed by atoms with Crippen LogP contribution in [-0.2, 0) is 14.4 Å². The van der Waals surface area contributed by atoms with Gasteiger partial charge >= 0.3 is 5.97 Å². The Bertz CT molecular complexity index is 995. The normalized spacial score (nSPS) is 14.8. The number of carbonyl (C=O) groups excluding carboxylic acids is 2. The highest BCUT2D eigenvalue weighted by Gasteiger charge is 2.27. The summed E-state index contributed by atoms with van der Waals surface area (Å²) < 4.78 is 6.82. The molecule has 0 unspecified atom stereocenters. The Morgan fingerprint density at radius 1 is 1.10 bits per heavy atom. The molecule has 2 aromatic rings. The minimum absolute atomic E-state index is 0.0145. The third kappa shape index (κ3) is 6.30. The maximum Gasteiger partial charge on any atom is 0.352 e. The van der Waals surface area contributed by atoms with E-state index in [0.29, 0.717) is 37.2 Å². The maximum absolute atomic E-state index is 12.5. The first-order valence-corrected chi connectivity index (χ1v) is 10.9. The Morgan fingerprint density at radius 2 is 1.74 bits per heavy atom. The maximum atomic E-state index is 12.5. The van der Waals surface area contributed by atoms with Crippen LogP contribution in [0.25, 0.3) is 6.08 Å². The van der Waals surface area contributed by atoms with Crippen molar-refractivity contribution in [1.29, 1.82) is 0 Å². The molecule has 1 saturated heterocycles.